The molecule has 27 heavy (non-hydrogen) atoms. The summed E-state index contributed by atoms with van der Waals surface area (Å²) in [5.74, 6) is -24.5. The zero-order valence-corrected chi connectivity index (χ0v) is 14.8. The van der Waals surface area contributed by atoms with Crippen molar-refractivity contribution >= 4 is 23.0 Å². The van der Waals surface area contributed by atoms with E-state index in [1.165, 1.54) is 13.8 Å². The highest BCUT2D eigenvalue weighted by molar-refractivity contribution is 6.85. The van der Waals surface area contributed by atoms with Crippen LogP contribution in [0, 0.1) is 64.1 Å². The van der Waals surface area contributed by atoms with Crippen LogP contribution >= 0.6 is 0 Å². The minimum absolute atomic E-state index is 0.531. The molecule has 2 aromatic rings. The summed E-state index contributed by atoms with van der Waals surface area (Å²) in [6.07, 6.45) is 0. The zero-order valence-electron chi connectivity index (χ0n) is 13.6. The Morgan fingerprint density at radius 3 is 0.926 bits per heavy atom. The SMILES string of the molecule is CC(C)[CH2][Al]([c]1c(F)c(F)c(F)c(F)c1F)[c]1c(F)c(F)c(F)c(F)c1F. The van der Waals surface area contributed by atoms with E-state index in [0.29, 0.717) is 0 Å². The van der Waals surface area contributed by atoms with Crippen LogP contribution in [-0.4, -0.2) is 14.1 Å². The molecule has 146 valence electrons. The molecule has 0 atom stereocenters. The monoisotopic (exact) mass is 418 g/mol. The van der Waals surface area contributed by atoms with Crippen LogP contribution in [0.2, 0.25) is 5.28 Å². The second-order valence-electron chi connectivity index (χ2n) is 6.15. The van der Waals surface area contributed by atoms with Gasteiger partial charge in [-0.15, -0.1) is 0 Å². The van der Waals surface area contributed by atoms with Crippen molar-refractivity contribution in [1.82, 2.24) is 0 Å². The van der Waals surface area contributed by atoms with Gasteiger partial charge in [0.25, 0.3) is 0 Å². The van der Waals surface area contributed by atoms with Crippen molar-refractivity contribution in [3.8, 4) is 0 Å². The number of hydrogen-bond donors (Lipinski definition) is 0. The molecule has 0 heterocycles. The van der Waals surface area contributed by atoms with Crippen LogP contribution in [0.5, 0.6) is 0 Å². The van der Waals surface area contributed by atoms with Gasteiger partial charge in [-0.25, -0.2) is 43.9 Å². The Kier molecular flexibility index (Phi) is 6.17. The van der Waals surface area contributed by atoms with E-state index >= 15 is 0 Å². The van der Waals surface area contributed by atoms with Gasteiger partial charge in [-0.2, -0.15) is 0 Å². The van der Waals surface area contributed by atoms with Crippen LogP contribution in [-0.2, 0) is 0 Å². The van der Waals surface area contributed by atoms with Gasteiger partial charge in [-0.1, -0.05) is 25.0 Å². The molecule has 0 saturated carbocycles. The van der Waals surface area contributed by atoms with Gasteiger partial charge >= 0.3 is 14.1 Å². The minimum Gasteiger partial charge on any atom is -0.205 e. The molecule has 0 amide bonds. The minimum atomic E-state index is -4.11. The largest absolute Gasteiger partial charge is 0.365 e. The summed E-state index contributed by atoms with van der Waals surface area (Å²) in [5.41, 5.74) is 0. The van der Waals surface area contributed by atoms with E-state index in [1.54, 1.807) is 0 Å². The van der Waals surface area contributed by atoms with Crippen molar-refractivity contribution in [2.24, 2.45) is 5.92 Å². The third-order valence-electron chi connectivity index (χ3n) is 3.89. The Bertz CT molecular complexity index is 782. The molecule has 0 unspecified atom stereocenters. The first kappa shape index (κ1) is 21.6. The fraction of sp³-hybridized carbons (Fsp3) is 0.250. The molecule has 0 N–H and O–H groups in total. The Labute approximate surface area is 150 Å². The lowest BCUT2D eigenvalue weighted by atomic mass is 10.3. The fourth-order valence-corrected chi connectivity index (χ4v) is 6.14. The smallest absolute Gasteiger partial charge is 0.205 e. The predicted octanol–water partition coefficient (Wildman–Crippen LogP) is 4.34. The maximum atomic E-state index is 14.1. The topological polar surface area (TPSA) is 0 Å². The summed E-state index contributed by atoms with van der Waals surface area (Å²) in [6, 6.07) is 0. The Balaban J connectivity index is 2.94. The quantitative estimate of drug-likeness (QED) is 0.300. The summed E-state index contributed by atoms with van der Waals surface area (Å²) >= 11 is -4.11. The molecular formula is C16H9AlF10. The molecule has 0 aromatic heterocycles. The van der Waals surface area contributed by atoms with E-state index in [2.05, 4.69) is 0 Å². The first-order chi connectivity index (χ1) is 12.4. The molecule has 0 radical (unpaired) electrons. The molecule has 0 fully saturated rings. The van der Waals surface area contributed by atoms with E-state index in [9.17, 15) is 43.9 Å². The number of hydrogen-bond acceptors (Lipinski definition) is 0. The molecule has 0 saturated heterocycles. The van der Waals surface area contributed by atoms with Crippen molar-refractivity contribution in [2.75, 3.05) is 0 Å². The van der Waals surface area contributed by atoms with Crippen molar-refractivity contribution in [1.29, 1.82) is 0 Å². The normalized spacial score (nSPS) is 11.4. The van der Waals surface area contributed by atoms with Crippen LogP contribution in [0.15, 0.2) is 0 Å². The van der Waals surface area contributed by atoms with Gasteiger partial charge in [-0.3, -0.25) is 0 Å². The Morgan fingerprint density at radius 2 is 0.704 bits per heavy atom. The third kappa shape index (κ3) is 3.55. The van der Waals surface area contributed by atoms with E-state index in [1.807, 2.05) is 0 Å². The maximum absolute atomic E-state index is 14.1. The molecule has 0 nitrogen and oxygen atoms in total. The molecule has 0 bridgehead atoms. The van der Waals surface area contributed by atoms with Crippen LogP contribution in [0.3, 0.4) is 0 Å². The van der Waals surface area contributed by atoms with E-state index in [0.717, 1.165) is 0 Å². The summed E-state index contributed by atoms with van der Waals surface area (Å²) in [4.78, 5) is 0. The number of halogens is 10. The highest BCUT2D eigenvalue weighted by Gasteiger charge is 2.41. The average molecular weight is 418 g/mol. The van der Waals surface area contributed by atoms with Crippen molar-refractivity contribution in [3.05, 3.63) is 58.2 Å². The lowest BCUT2D eigenvalue weighted by molar-refractivity contribution is 0.382. The number of benzene rings is 2. The average Bonchev–Trinajstić information content (AvgIpc) is 2.61. The van der Waals surface area contributed by atoms with E-state index in [-0.39, 0.29) is 0 Å². The molecule has 11 heteroatoms. The highest BCUT2D eigenvalue weighted by Crippen LogP contribution is 2.22. The van der Waals surface area contributed by atoms with Gasteiger partial charge in [0.05, 0.1) is 0 Å². The molecular weight excluding hydrogens is 409 g/mol. The van der Waals surface area contributed by atoms with Gasteiger partial charge in [-0.05, 0) is 8.85 Å². The van der Waals surface area contributed by atoms with Crippen molar-refractivity contribution in [2.45, 2.75) is 19.1 Å². The second kappa shape index (κ2) is 7.72. The van der Waals surface area contributed by atoms with E-state index in [4.69, 9.17) is 0 Å². The molecule has 2 rings (SSSR count). The molecule has 0 aliphatic rings. The zero-order chi connectivity index (χ0) is 20.8. The van der Waals surface area contributed by atoms with E-state index < -0.39 is 92.4 Å². The van der Waals surface area contributed by atoms with Crippen LogP contribution < -0.4 is 8.85 Å². The van der Waals surface area contributed by atoms with Gasteiger partial charge in [0.15, 0.2) is 58.2 Å². The summed E-state index contributed by atoms with van der Waals surface area (Å²) in [5, 5.41) is -0.531. The van der Waals surface area contributed by atoms with Crippen LogP contribution in [0.25, 0.3) is 0 Å². The highest BCUT2D eigenvalue weighted by atomic mass is 27.2. The molecule has 0 aliphatic carbocycles. The first-order valence-electron chi connectivity index (χ1n) is 7.44. The summed E-state index contributed by atoms with van der Waals surface area (Å²) in [6.45, 7) is 2.77. The molecule has 2 aromatic carbocycles. The fourth-order valence-electron chi connectivity index (χ4n) is 2.71. The van der Waals surface area contributed by atoms with Gasteiger partial charge in [0.2, 0.25) is 0 Å². The van der Waals surface area contributed by atoms with Gasteiger partial charge < -0.3 is 0 Å². The van der Waals surface area contributed by atoms with Crippen molar-refractivity contribution in [3.63, 3.8) is 0 Å². The van der Waals surface area contributed by atoms with Crippen LogP contribution in [0.4, 0.5) is 43.9 Å². The Hall–Kier alpha value is -1.73. The lowest BCUT2D eigenvalue weighted by Gasteiger charge is -2.19. The molecule has 0 aliphatic heterocycles. The second-order valence-corrected chi connectivity index (χ2v) is 8.88. The first-order valence-corrected chi connectivity index (χ1v) is 9.41. The summed E-state index contributed by atoms with van der Waals surface area (Å²) < 4.78 is 134. The molecule has 0 spiro atoms. The third-order valence-corrected chi connectivity index (χ3v) is 7.71. The van der Waals surface area contributed by atoms with Crippen LogP contribution in [0.1, 0.15) is 13.8 Å². The van der Waals surface area contributed by atoms with Gasteiger partial charge in [0, 0.05) is 0 Å². The number of rotatable bonds is 4. The van der Waals surface area contributed by atoms with Crippen molar-refractivity contribution < 1.29 is 43.9 Å². The maximum Gasteiger partial charge on any atom is 0.365 e. The lowest BCUT2D eigenvalue weighted by Crippen LogP contribution is -2.51. The predicted molar refractivity (Wildman–Crippen MR) is 77.1 cm³/mol. The van der Waals surface area contributed by atoms with Gasteiger partial charge in [0.1, 0.15) is 0 Å². The summed E-state index contributed by atoms with van der Waals surface area (Å²) in [7, 11) is 0. The Morgan fingerprint density at radius 1 is 0.481 bits per heavy atom. The standard InChI is InChI=1S/2C6F5.C4H9.Al/c2*7-2-1-3(8)5(10)6(11)4(2)9;1-4(2)3;/h;;4H,1H2,2-3H3;.